The first-order chi connectivity index (χ1) is 51.6. The minimum absolute atomic E-state index is 0.128. The van der Waals surface area contributed by atoms with Crippen LogP contribution in [0.5, 0.6) is 0 Å². The Hall–Kier alpha value is -13.0. The first kappa shape index (κ1) is 60.9. The lowest BCUT2D eigenvalue weighted by molar-refractivity contribution is 1.22. The Morgan fingerprint density at radius 3 is 1.03 bits per heavy atom. The maximum Gasteiger partial charge on any atom is 0.252 e. The van der Waals surface area contributed by atoms with Crippen LogP contribution in [0.25, 0.3) is 44.5 Å². The van der Waals surface area contributed by atoms with Crippen LogP contribution in [0.3, 0.4) is 0 Å². The summed E-state index contributed by atoms with van der Waals surface area (Å²) in [5.41, 5.74) is 33.3. The molecule has 4 aliphatic heterocycles. The normalized spacial score (nSPS) is 12.7. The largest absolute Gasteiger partial charge is 0.311 e. The first-order valence-electron chi connectivity index (χ1n) is 35.8. The fraction of sp³-hybridized carbons (Fsp3) is 0. The van der Waals surface area contributed by atoms with Crippen LogP contribution in [-0.2, 0) is 0 Å². The van der Waals surface area contributed by atoms with Crippen LogP contribution in [0.15, 0.2) is 404 Å². The van der Waals surface area contributed by atoms with Gasteiger partial charge in [-0.2, -0.15) is 0 Å². The van der Waals surface area contributed by atoms with Crippen molar-refractivity contribution < 1.29 is 0 Å². The van der Waals surface area contributed by atoms with Crippen molar-refractivity contribution >= 4 is 143 Å². The van der Waals surface area contributed by atoms with E-state index in [1.54, 1.807) is 0 Å². The third kappa shape index (κ3) is 10.3. The molecule has 4 heterocycles. The van der Waals surface area contributed by atoms with Gasteiger partial charge in [0.2, 0.25) is 6.71 Å². The van der Waals surface area contributed by atoms with Crippen molar-refractivity contribution in [3.05, 3.63) is 394 Å². The van der Waals surface area contributed by atoms with Crippen LogP contribution >= 0.6 is 11.8 Å². The zero-order valence-electron chi connectivity index (χ0n) is 56.8. The van der Waals surface area contributed by atoms with Gasteiger partial charge < -0.3 is 24.5 Å². The summed E-state index contributed by atoms with van der Waals surface area (Å²) in [5, 5.41) is 0. The van der Waals surface area contributed by atoms with Crippen LogP contribution in [-0.4, -0.2) is 13.4 Å². The maximum absolute atomic E-state index is 2.70. The third-order valence-electron chi connectivity index (χ3n) is 21.2. The summed E-state index contributed by atoms with van der Waals surface area (Å²) >= 11 is 1.91. The molecular formula is C96H65B2N5S. The number of benzene rings is 16. The zero-order valence-corrected chi connectivity index (χ0v) is 57.6. The van der Waals surface area contributed by atoms with Crippen molar-refractivity contribution in [2.45, 2.75) is 9.79 Å². The number of anilines is 15. The molecule has 16 aromatic rings. The fourth-order valence-electron chi connectivity index (χ4n) is 16.7. The van der Waals surface area contributed by atoms with E-state index < -0.39 is 0 Å². The average molecular weight is 1340 g/mol. The Kier molecular flexibility index (Phi) is 15.0. The number of rotatable bonds is 13. The Bertz CT molecular complexity index is 5720. The lowest BCUT2D eigenvalue weighted by Crippen LogP contribution is -2.64. The molecule has 16 aromatic carbocycles. The molecule has 0 N–H and O–H groups in total. The minimum Gasteiger partial charge on any atom is -0.311 e. The highest BCUT2D eigenvalue weighted by Crippen LogP contribution is 2.54. The molecule has 20 rings (SSSR count). The van der Waals surface area contributed by atoms with Crippen molar-refractivity contribution in [1.82, 2.24) is 0 Å². The van der Waals surface area contributed by atoms with Crippen molar-refractivity contribution in [1.29, 1.82) is 0 Å². The highest BCUT2D eigenvalue weighted by atomic mass is 32.2. The summed E-state index contributed by atoms with van der Waals surface area (Å²) in [4.78, 5) is 15.1. The van der Waals surface area contributed by atoms with Crippen LogP contribution in [0.1, 0.15) is 0 Å². The van der Waals surface area contributed by atoms with Gasteiger partial charge in [-0.05, 0) is 176 Å². The molecule has 0 saturated heterocycles. The summed E-state index contributed by atoms with van der Waals surface area (Å²) < 4.78 is 0. The maximum atomic E-state index is 2.70. The second-order valence-corrected chi connectivity index (χ2v) is 28.2. The van der Waals surface area contributed by atoms with E-state index in [2.05, 4.69) is 419 Å². The van der Waals surface area contributed by atoms with E-state index in [-0.39, 0.29) is 13.4 Å². The van der Waals surface area contributed by atoms with E-state index in [0.717, 1.165) is 107 Å². The molecule has 0 bridgehead atoms. The molecule has 0 radical (unpaired) electrons. The standard InChI is InChI=1S/C96H65B2N5S/c1-9-30-66(31-10-1)68-52-56-76(57-53-68)100(77-58-54-69(55-59-77)67-32-11-2-12-33-67)78-60-89-94-90(61-78)103(96-80(70-34-13-3-14-35-70)46-29-47-81(96)71-36-15-4-16-37-71)88-65-92-85(64-84(88)97(94)82-48-25-27-50-86(82)101(89)74-42-21-7-22-43-74)98-83-49-26-28-51-87(83)102(75-44-23-8-24-45-75)91-62-79(63-93(104-92)95(91)98)99(72-38-17-5-18-39-72)73-40-19-6-20-41-73/h1-65H. The van der Waals surface area contributed by atoms with E-state index in [1.807, 2.05) is 11.8 Å². The molecule has 0 aliphatic carbocycles. The second-order valence-electron chi connectivity index (χ2n) is 27.1. The molecule has 0 amide bonds. The summed E-state index contributed by atoms with van der Waals surface area (Å²) in [6, 6.07) is 146. The average Bonchev–Trinajstić information content (AvgIpc) is 0.686. The zero-order chi connectivity index (χ0) is 68.6. The molecule has 0 unspecified atom stereocenters. The third-order valence-corrected chi connectivity index (χ3v) is 22.3. The highest BCUT2D eigenvalue weighted by Gasteiger charge is 2.48. The summed E-state index contributed by atoms with van der Waals surface area (Å²) in [6.07, 6.45) is 0. The van der Waals surface area contributed by atoms with Gasteiger partial charge in [0, 0.05) is 94.9 Å². The van der Waals surface area contributed by atoms with E-state index in [1.165, 1.54) is 65.1 Å². The molecule has 0 atom stereocenters. The van der Waals surface area contributed by atoms with E-state index in [9.17, 15) is 0 Å². The van der Waals surface area contributed by atoms with Crippen LogP contribution < -0.4 is 57.3 Å². The first-order valence-corrected chi connectivity index (χ1v) is 36.6. The van der Waals surface area contributed by atoms with Gasteiger partial charge in [0.15, 0.2) is 0 Å². The Morgan fingerprint density at radius 2 is 0.567 bits per heavy atom. The molecule has 486 valence electrons. The van der Waals surface area contributed by atoms with Gasteiger partial charge >= 0.3 is 0 Å². The molecular weight excluding hydrogens is 1280 g/mol. The number of hydrogen-bond acceptors (Lipinski definition) is 6. The number of fused-ring (bicyclic) bond motifs is 8. The van der Waals surface area contributed by atoms with Gasteiger partial charge in [0.1, 0.15) is 0 Å². The van der Waals surface area contributed by atoms with Gasteiger partial charge in [0.05, 0.1) is 11.4 Å². The Balaban J connectivity index is 0.896. The van der Waals surface area contributed by atoms with E-state index >= 15 is 0 Å². The summed E-state index contributed by atoms with van der Waals surface area (Å²) in [6.45, 7) is -0.343. The number of para-hydroxylation sites is 7. The Labute approximate surface area is 612 Å². The van der Waals surface area contributed by atoms with Crippen molar-refractivity contribution in [3.8, 4) is 44.5 Å². The van der Waals surface area contributed by atoms with Crippen LogP contribution in [0, 0.1) is 0 Å². The second kappa shape index (κ2) is 25.6. The summed E-state index contributed by atoms with van der Waals surface area (Å²) in [7, 11) is 0. The molecule has 4 aliphatic rings. The van der Waals surface area contributed by atoms with Gasteiger partial charge in [0.25, 0.3) is 6.71 Å². The topological polar surface area (TPSA) is 16.2 Å². The summed E-state index contributed by atoms with van der Waals surface area (Å²) in [5.74, 6) is 0. The van der Waals surface area contributed by atoms with Crippen molar-refractivity contribution in [2.75, 3.05) is 24.5 Å². The Morgan fingerprint density at radius 1 is 0.212 bits per heavy atom. The minimum atomic E-state index is -0.215. The van der Waals surface area contributed by atoms with Crippen LogP contribution in [0.4, 0.5) is 85.3 Å². The van der Waals surface area contributed by atoms with Crippen molar-refractivity contribution in [2.24, 2.45) is 0 Å². The molecule has 8 heteroatoms. The number of nitrogens with zero attached hydrogens (tertiary/aromatic N) is 5. The number of hydrogen-bond donors (Lipinski definition) is 0. The van der Waals surface area contributed by atoms with Crippen LogP contribution in [0.2, 0.25) is 0 Å². The van der Waals surface area contributed by atoms with Gasteiger partial charge in [-0.15, -0.1) is 0 Å². The monoisotopic (exact) mass is 1340 g/mol. The molecule has 104 heavy (non-hydrogen) atoms. The lowest BCUT2D eigenvalue weighted by Gasteiger charge is -2.46. The van der Waals surface area contributed by atoms with E-state index in [4.69, 9.17) is 0 Å². The molecule has 0 saturated carbocycles. The predicted octanol–water partition coefficient (Wildman–Crippen LogP) is 22.1. The van der Waals surface area contributed by atoms with Gasteiger partial charge in [-0.3, -0.25) is 0 Å². The molecule has 0 aromatic heterocycles. The quantitative estimate of drug-likeness (QED) is 0.106. The van der Waals surface area contributed by atoms with E-state index in [0.29, 0.717) is 0 Å². The van der Waals surface area contributed by atoms with Gasteiger partial charge in [-0.1, -0.05) is 296 Å². The lowest BCUT2D eigenvalue weighted by atomic mass is 9.31. The SMILES string of the molecule is c1ccc(-c2ccc(N(c3ccc(-c4ccccc4)cc3)c3cc4c5c(c3)N(c3c(-c6ccccc6)cccc3-c3ccccc3)c3cc6c(cc3B5c3ccccc3N4c3ccccc3)B3c4ccccc4N(c4ccccc4)c4cc(N(c5ccccc5)c5ccccc5)cc(c43)S6)cc2)cc1. The van der Waals surface area contributed by atoms with Gasteiger partial charge in [-0.25, -0.2) is 0 Å². The van der Waals surface area contributed by atoms with Crippen molar-refractivity contribution in [3.63, 3.8) is 0 Å². The highest BCUT2D eigenvalue weighted by molar-refractivity contribution is 8.00. The molecule has 5 nitrogen and oxygen atoms in total. The fourth-order valence-corrected chi connectivity index (χ4v) is 17.9. The molecule has 0 fully saturated rings. The predicted molar refractivity (Wildman–Crippen MR) is 441 cm³/mol. The smallest absolute Gasteiger partial charge is 0.252 e. The molecule has 0 spiro atoms.